The number of fused-ring (bicyclic) bond motifs is 1. The van der Waals surface area contributed by atoms with Gasteiger partial charge in [-0.15, -0.1) is 0 Å². The quantitative estimate of drug-likeness (QED) is 0.412. The van der Waals surface area contributed by atoms with Gasteiger partial charge in [-0.3, -0.25) is 19.3 Å². The molecule has 2 saturated heterocycles. The third-order valence-electron chi connectivity index (χ3n) is 9.08. The predicted octanol–water partition coefficient (Wildman–Crippen LogP) is 3.40. The van der Waals surface area contributed by atoms with Crippen molar-refractivity contribution in [3.05, 3.63) is 53.9 Å². The van der Waals surface area contributed by atoms with Gasteiger partial charge in [-0.1, -0.05) is 39.3 Å². The Morgan fingerprint density at radius 2 is 2.05 bits per heavy atom. The first-order valence-corrected chi connectivity index (χ1v) is 15.3. The minimum absolute atomic E-state index is 0.0369. The molecule has 2 aromatic rings. The minimum Gasteiger partial charge on any atom is -0.493 e. The van der Waals surface area contributed by atoms with Crippen molar-refractivity contribution in [3.63, 3.8) is 0 Å². The normalized spacial score (nSPS) is 23.2. The Morgan fingerprint density at radius 3 is 2.74 bits per heavy atom. The Hall–Kier alpha value is -3.46. The molecule has 226 valence electrons. The molecule has 5 rings (SSSR count). The van der Waals surface area contributed by atoms with E-state index in [2.05, 4.69) is 31.7 Å². The molecule has 0 aliphatic carbocycles. The number of aryl methyl sites for hydroxylation is 1. The molecule has 3 aliphatic heterocycles. The van der Waals surface area contributed by atoms with Crippen LogP contribution in [-0.2, 0) is 27.9 Å². The number of benzene rings is 1. The Labute approximate surface area is 249 Å². The van der Waals surface area contributed by atoms with E-state index in [9.17, 15) is 19.5 Å². The fourth-order valence-electron chi connectivity index (χ4n) is 7.01. The number of hydrogen-bond donors (Lipinski definition) is 1. The van der Waals surface area contributed by atoms with Gasteiger partial charge >= 0.3 is 5.97 Å². The van der Waals surface area contributed by atoms with Crippen LogP contribution in [0.1, 0.15) is 63.5 Å². The maximum atomic E-state index is 14.0. The average molecular weight is 578 g/mol. The van der Waals surface area contributed by atoms with E-state index in [1.807, 2.05) is 58.1 Å². The summed E-state index contributed by atoms with van der Waals surface area (Å²) in [5.41, 5.74) is 2.83. The summed E-state index contributed by atoms with van der Waals surface area (Å²) in [5, 5.41) is 10.6. The first kappa shape index (κ1) is 30.0. The molecule has 9 heteroatoms. The van der Waals surface area contributed by atoms with Gasteiger partial charge in [0.25, 0.3) is 0 Å². The van der Waals surface area contributed by atoms with Crippen molar-refractivity contribution in [2.24, 2.45) is 18.4 Å². The summed E-state index contributed by atoms with van der Waals surface area (Å²) in [5.74, 6) is -0.874. The van der Waals surface area contributed by atoms with Crippen LogP contribution < -0.4 is 14.2 Å². The lowest BCUT2D eigenvalue weighted by Crippen LogP contribution is -2.46. The number of aliphatic carboxylic acids is 1. The van der Waals surface area contributed by atoms with Crippen LogP contribution in [0.15, 0.2) is 42.7 Å². The number of ether oxygens (including phenoxy) is 1. The molecular weight excluding hydrogens is 532 g/mol. The average Bonchev–Trinajstić information content (AvgIpc) is 3.61. The van der Waals surface area contributed by atoms with E-state index in [4.69, 9.17) is 4.74 Å². The zero-order chi connectivity index (χ0) is 30.0. The van der Waals surface area contributed by atoms with Crippen LogP contribution in [0.2, 0.25) is 0 Å². The van der Waals surface area contributed by atoms with E-state index < -0.39 is 11.9 Å². The number of carbonyl (C=O) groups excluding carboxylic acids is 2. The van der Waals surface area contributed by atoms with Gasteiger partial charge in [-0.2, -0.15) is 0 Å². The summed E-state index contributed by atoms with van der Waals surface area (Å²) in [6.07, 6.45) is 7.54. The Morgan fingerprint density at radius 1 is 1.24 bits per heavy atom. The largest absolute Gasteiger partial charge is 0.493 e. The number of carboxylic acid groups (broad SMARTS) is 1. The SMILES string of the molecule is CCCCN(C(=O)CN1C[C@H](c2ccc3c(c2)CCO3)[C@@H](C(=O)O)[C@@H]1CCN1CC(C)(C)CC1=O)c1ccc[n+](C)c1. The number of rotatable bonds is 11. The standard InChI is InChI=1S/C33H44N4O5/c1-5-6-14-37(25-8-7-13-34(4)19-25)30(39)21-36-20-26(23-9-10-28-24(17-23)12-16-42-28)31(32(40)41)27(36)11-15-35-22-33(2,3)18-29(35)38/h7-10,13,17,19,26-27,31H,5-6,11-12,14-16,18,20-22H2,1-4H3/p+1/t26-,27+,31-/m1/s1. The summed E-state index contributed by atoms with van der Waals surface area (Å²) in [6, 6.07) is 9.53. The van der Waals surface area contributed by atoms with Gasteiger partial charge in [0.05, 0.1) is 19.1 Å². The summed E-state index contributed by atoms with van der Waals surface area (Å²) >= 11 is 0. The molecule has 0 spiro atoms. The molecule has 2 amide bonds. The first-order chi connectivity index (χ1) is 20.1. The van der Waals surface area contributed by atoms with Crippen LogP contribution in [0.4, 0.5) is 5.69 Å². The highest BCUT2D eigenvalue weighted by atomic mass is 16.5. The molecule has 2 fully saturated rings. The summed E-state index contributed by atoms with van der Waals surface area (Å²) in [4.78, 5) is 45.4. The lowest BCUT2D eigenvalue weighted by Gasteiger charge is -2.30. The molecule has 0 radical (unpaired) electrons. The van der Waals surface area contributed by atoms with E-state index in [1.54, 1.807) is 0 Å². The zero-order valence-corrected chi connectivity index (χ0v) is 25.4. The monoisotopic (exact) mass is 577 g/mol. The van der Waals surface area contributed by atoms with E-state index in [0.29, 0.717) is 45.6 Å². The number of unbranched alkanes of at least 4 members (excludes halogenated alkanes) is 1. The van der Waals surface area contributed by atoms with Crippen molar-refractivity contribution in [2.75, 3.05) is 44.2 Å². The zero-order valence-electron chi connectivity index (χ0n) is 25.4. The topological polar surface area (TPSA) is 94.3 Å². The number of hydrogen-bond acceptors (Lipinski definition) is 5. The summed E-state index contributed by atoms with van der Waals surface area (Å²) in [6.45, 7) is 9.28. The molecule has 4 heterocycles. The number of likely N-dealkylation sites (tertiary alicyclic amines) is 2. The molecular formula is C33H45N4O5+. The second-order valence-corrected chi connectivity index (χ2v) is 13.0. The Kier molecular flexibility index (Phi) is 8.87. The third-order valence-corrected chi connectivity index (χ3v) is 9.08. The molecule has 0 saturated carbocycles. The Balaban J connectivity index is 1.43. The number of carboxylic acids is 1. The second kappa shape index (κ2) is 12.4. The van der Waals surface area contributed by atoms with Gasteiger partial charge in [0.2, 0.25) is 11.8 Å². The highest BCUT2D eigenvalue weighted by Crippen LogP contribution is 2.41. The molecule has 42 heavy (non-hydrogen) atoms. The van der Waals surface area contributed by atoms with Crippen molar-refractivity contribution in [1.82, 2.24) is 9.80 Å². The number of carbonyl (C=O) groups is 3. The second-order valence-electron chi connectivity index (χ2n) is 13.0. The molecule has 0 bridgehead atoms. The van der Waals surface area contributed by atoms with Gasteiger partial charge in [0.1, 0.15) is 18.5 Å². The van der Waals surface area contributed by atoms with Crippen LogP contribution in [0, 0.1) is 11.3 Å². The lowest BCUT2D eigenvalue weighted by atomic mass is 9.83. The highest BCUT2D eigenvalue weighted by molar-refractivity contribution is 5.94. The van der Waals surface area contributed by atoms with E-state index in [1.165, 1.54) is 0 Å². The molecule has 0 unspecified atom stereocenters. The van der Waals surface area contributed by atoms with E-state index in [0.717, 1.165) is 41.8 Å². The van der Waals surface area contributed by atoms with Crippen LogP contribution in [0.3, 0.4) is 0 Å². The molecule has 9 nitrogen and oxygen atoms in total. The van der Waals surface area contributed by atoms with Crippen LogP contribution in [0.25, 0.3) is 0 Å². The minimum atomic E-state index is -0.859. The lowest BCUT2D eigenvalue weighted by molar-refractivity contribution is -0.670. The summed E-state index contributed by atoms with van der Waals surface area (Å²) < 4.78 is 7.63. The van der Waals surface area contributed by atoms with Crippen LogP contribution in [-0.4, -0.2) is 78.1 Å². The number of amides is 2. The molecule has 3 aliphatic rings. The van der Waals surface area contributed by atoms with Gasteiger partial charge in [0, 0.05) is 57.0 Å². The van der Waals surface area contributed by atoms with Crippen LogP contribution >= 0.6 is 0 Å². The number of aromatic nitrogens is 1. The van der Waals surface area contributed by atoms with E-state index >= 15 is 0 Å². The van der Waals surface area contributed by atoms with E-state index in [-0.39, 0.29) is 35.7 Å². The fourth-order valence-corrected chi connectivity index (χ4v) is 7.01. The smallest absolute Gasteiger partial charge is 0.308 e. The highest BCUT2D eigenvalue weighted by Gasteiger charge is 2.48. The van der Waals surface area contributed by atoms with Crippen molar-refractivity contribution in [1.29, 1.82) is 0 Å². The third kappa shape index (κ3) is 6.46. The van der Waals surface area contributed by atoms with Crippen molar-refractivity contribution >= 4 is 23.5 Å². The number of pyridine rings is 1. The van der Waals surface area contributed by atoms with Gasteiger partial charge in [0.15, 0.2) is 12.4 Å². The molecule has 1 N–H and O–H groups in total. The number of anilines is 1. The van der Waals surface area contributed by atoms with Gasteiger partial charge in [-0.25, -0.2) is 4.57 Å². The molecule has 1 aromatic heterocycles. The maximum Gasteiger partial charge on any atom is 0.308 e. The first-order valence-electron chi connectivity index (χ1n) is 15.3. The molecule has 1 aromatic carbocycles. The van der Waals surface area contributed by atoms with Crippen molar-refractivity contribution < 1.29 is 28.8 Å². The van der Waals surface area contributed by atoms with Crippen molar-refractivity contribution in [2.45, 2.75) is 64.8 Å². The number of nitrogens with zero attached hydrogens (tertiary/aromatic N) is 4. The van der Waals surface area contributed by atoms with Crippen LogP contribution in [0.5, 0.6) is 5.75 Å². The fraction of sp³-hybridized carbons (Fsp3) is 0.576. The predicted molar refractivity (Wildman–Crippen MR) is 159 cm³/mol. The van der Waals surface area contributed by atoms with Crippen molar-refractivity contribution in [3.8, 4) is 5.75 Å². The molecule has 3 atom stereocenters. The van der Waals surface area contributed by atoms with Gasteiger partial charge < -0.3 is 19.6 Å². The maximum absolute atomic E-state index is 14.0. The summed E-state index contributed by atoms with van der Waals surface area (Å²) in [7, 11) is 1.94. The van der Waals surface area contributed by atoms with Gasteiger partial charge in [-0.05, 0) is 41.5 Å². The Bertz CT molecular complexity index is 1330.